The summed E-state index contributed by atoms with van der Waals surface area (Å²) in [5, 5.41) is 2.89. The molecule has 1 atom stereocenters. The summed E-state index contributed by atoms with van der Waals surface area (Å²) < 4.78 is 29.8. The predicted octanol–water partition coefficient (Wildman–Crippen LogP) is 2.78. The fourth-order valence-electron chi connectivity index (χ4n) is 2.96. The molecular formula is C21H20FN5O4. The largest absolute Gasteiger partial charge is 0.488 e. The van der Waals surface area contributed by atoms with E-state index in [0.717, 1.165) is 12.6 Å². The molecule has 0 saturated carbocycles. The van der Waals surface area contributed by atoms with Crippen LogP contribution in [0.2, 0.25) is 0 Å². The van der Waals surface area contributed by atoms with Gasteiger partial charge in [-0.15, -0.1) is 0 Å². The topological polar surface area (TPSA) is 108 Å². The summed E-state index contributed by atoms with van der Waals surface area (Å²) in [6.07, 6.45) is 7.79. The number of ether oxygens (including phenoxy) is 3. The fourth-order valence-corrected chi connectivity index (χ4v) is 2.96. The maximum absolute atomic E-state index is 13.4. The van der Waals surface area contributed by atoms with Crippen LogP contribution in [-0.4, -0.2) is 51.7 Å². The van der Waals surface area contributed by atoms with Crippen LogP contribution in [0.25, 0.3) is 11.4 Å². The van der Waals surface area contributed by atoms with Gasteiger partial charge in [0.1, 0.15) is 11.6 Å². The molecule has 4 heterocycles. The van der Waals surface area contributed by atoms with E-state index in [-0.39, 0.29) is 23.6 Å². The minimum atomic E-state index is -0.527. The smallest absolute Gasteiger partial charge is 0.262 e. The van der Waals surface area contributed by atoms with Gasteiger partial charge >= 0.3 is 0 Å². The van der Waals surface area contributed by atoms with E-state index >= 15 is 0 Å². The third kappa shape index (κ3) is 5.10. The minimum Gasteiger partial charge on any atom is -0.488 e. The normalized spacial score (nSPS) is 15.5. The zero-order valence-corrected chi connectivity index (χ0v) is 16.7. The molecule has 0 unspecified atom stereocenters. The summed E-state index contributed by atoms with van der Waals surface area (Å²) >= 11 is 0. The highest BCUT2D eigenvalue weighted by Gasteiger charge is 2.19. The van der Waals surface area contributed by atoms with Gasteiger partial charge in [-0.2, -0.15) is 0 Å². The maximum atomic E-state index is 13.4. The van der Waals surface area contributed by atoms with Gasteiger partial charge in [0, 0.05) is 36.8 Å². The zero-order valence-electron chi connectivity index (χ0n) is 16.7. The number of nitrogens with zero attached hydrogens (tertiary/aromatic N) is 4. The summed E-state index contributed by atoms with van der Waals surface area (Å²) in [6.45, 7) is 3.27. The number of amides is 1. The number of hydrogen-bond donors (Lipinski definition) is 1. The molecule has 1 amide bonds. The van der Waals surface area contributed by atoms with Crippen LogP contribution in [0.1, 0.15) is 23.7 Å². The van der Waals surface area contributed by atoms with Gasteiger partial charge in [0.15, 0.2) is 11.6 Å². The van der Waals surface area contributed by atoms with Crippen molar-refractivity contribution in [2.24, 2.45) is 0 Å². The third-order valence-corrected chi connectivity index (χ3v) is 4.45. The molecule has 1 saturated heterocycles. The van der Waals surface area contributed by atoms with E-state index in [1.165, 1.54) is 24.7 Å². The Labute approximate surface area is 177 Å². The number of aromatic nitrogens is 4. The Kier molecular flexibility index (Phi) is 6.27. The third-order valence-electron chi connectivity index (χ3n) is 4.45. The highest BCUT2D eigenvalue weighted by molar-refractivity contribution is 5.93. The molecule has 31 heavy (non-hydrogen) atoms. The molecule has 1 aliphatic rings. The molecule has 10 heteroatoms. The lowest BCUT2D eigenvalue weighted by atomic mass is 10.2. The Balaban J connectivity index is 1.49. The van der Waals surface area contributed by atoms with Crippen molar-refractivity contribution in [3.63, 3.8) is 0 Å². The van der Waals surface area contributed by atoms with E-state index in [9.17, 15) is 9.18 Å². The number of carbonyl (C=O) groups is 1. The van der Waals surface area contributed by atoms with Crippen LogP contribution < -0.4 is 14.8 Å². The second-order valence-electron chi connectivity index (χ2n) is 6.73. The lowest BCUT2D eigenvalue weighted by molar-refractivity contribution is 0.0929. The van der Waals surface area contributed by atoms with Gasteiger partial charge in [0.2, 0.25) is 0 Å². The Morgan fingerprint density at radius 1 is 1.19 bits per heavy atom. The van der Waals surface area contributed by atoms with Crippen molar-refractivity contribution >= 4 is 5.91 Å². The minimum absolute atomic E-state index is 0.00635. The maximum Gasteiger partial charge on any atom is 0.262 e. The van der Waals surface area contributed by atoms with E-state index in [2.05, 4.69) is 25.3 Å². The summed E-state index contributed by atoms with van der Waals surface area (Å²) in [4.78, 5) is 28.9. The predicted molar refractivity (Wildman–Crippen MR) is 107 cm³/mol. The first-order valence-corrected chi connectivity index (χ1v) is 9.74. The molecule has 0 spiro atoms. The first kappa shape index (κ1) is 20.6. The van der Waals surface area contributed by atoms with E-state index in [4.69, 9.17) is 14.2 Å². The molecule has 0 aliphatic carbocycles. The first-order chi connectivity index (χ1) is 15.1. The lowest BCUT2D eigenvalue weighted by Gasteiger charge is -2.11. The molecule has 0 aromatic carbocycles. The van der Waals surface area contributed by atoms with Crippen molar-refractivity contribution in [3.8, 4) is 28.8 Å². The molecule has 4 rings (SSSR count). The van der Waals surface area contributed by atoms with Gasteiger partial charge < -0.3 is 19.5 Å². The Bertz CT molecular complexity index is 1060. The van der Waals surface area contributed by atoms with Crippen LogP contribution in [0.3, 0.4) is 0 Å². The van der Waals surface area contributed by atoms with Crippen LogP contribution in [0.5, 0.6) is 17.4 Å². The number of halogens is 1. The fraction of sp³-hybridized carbons (Fsp3) is 0.286. The monoisotopic (exact) mass is 425 g/mol. The highest BCUT2D eigenvalue weighted by atomic mass is 19.1. The average Bonchev–Trinajstić information content (AvgIpc) is 3.29. The number of nitrogens with one attached hydrogen (secondary N) is 1. The molecule has 9 nitrogen and oxygen atoms in total. The second kappa shape index (κ2) is 9.43. The van der Waals surface area contributed by atoms with Crippen LogP contribution in [-0.2, 0) is 4.74 Å². The summed E-state index contributed by atoms with van der Waals surface area (Å²) in [5.74, 6) is 0.252. The quantitative estimate of drug-likeness (QED) is 0.616. The summed E-state index contributed by atoms with van der Waals surface area (Å²) in [7, 11) is 0. The Morgan fingerprint density at radius 3 is 2.77 bits per heavy atom. The van der Waals surface area contributed by atoms with E-state index in [1.54, 1.807) is 19.2 Å². The molecule has 1 fully saturated rings. The van der Waals surface area contributed by atoms with Crippen molar-refractivity contribution in [3.05, 3.63) is 54.5 Å². The molecule has 1 N–H and O–H groups in total. The van der Waals surface area contributed by atoms with Gasteiger partial charge in [-0.05, 0) is 19.4 Å². The van der Waals surface area contributed by atoms with Crippen LogP contribution >= 0.6 is 0 Å². The molecule has 1 aliphatic heterocycles. The molecule has 3 aromatic heterocycles. The number of rotatable bonds is 7. The van der Waals surface area contributed by atoms with Crippen LogP contribution in [0.15, 0.2) is 43.1 Å². The Hall–Kier alpha value is -3.66. The van der Waals surface area contributed by atoms with Crippen LogP contribution in [0, 0.1) is 5.82 Å². The lowest BCUT2D eigenvalue weighted by Crippen LogP contribution is -2.35. The van der Waals surface area contributed by atoms with Crippen molar-refractivity contribution in [1.29, 1.82) is 0 Å². The van der Waals surface area contributed by atoms with E-state index in [0.29, 0.717) is 42.5 Å². The molecular weight excluding hydrogens is 405 g/mol. The van der Waals surface area contributed by atoms with Gasteiger partial charge in [-0.25, -0.2) is 19.3 Å². The van der Waals surface area contributed by atoms with Crippen molar-refractivity contribution in [1.82, 2.24) is 25.3 Å². The standard InChI is InChI=1S/C21H20FN5O4/c1-2-30-18-6-15(22)10-26-21(18)31-17-5-13(7-23-11-17)19-24-8-14(9-25-19)20(28)27-16-3-4-29-12-16/h5-11,16H,2-4,12H2,1H3,(H,27,28)/t16-/m0/s1. The summed E-state index contributed by atoms with van der Waals surface area (Å²) in [5.41, 5.74) is 0.932. The molecule has 0 bridgehead atoms. The van der Waals surface area contributed by atoms with Crippen molar-refractivity contribution in [2.45, 2.75) is 19.4 Å². The van der Waals surface area contributed by atoms with Gasteiger partial charge in [-0.3, -0.25) is 9.78 Å². The first-order valence-electron chi connectivity index (χ1n) is 9.74. The second-order valence-corrected chi connectivity index (χ2v) is 6.73. The van der Waals surface area contributed by atoms with Gasteiger partial charge in [0.25, 0.3) is 11.8 Å². The van der Waals surface area contributed by atoms with Crippen molar-refractivity contribution in [2.75, 3.05) is 19.8 Å². The van der Waals surface area contributed by atoms with Crippen LogP contribution in [0.4, 0.5) is 4.39 Å². The SMILES string of the molecule is CCOc1cc(F)cnc1Oc1cncc(-c2ncc(C(=O)N[C@H]3CCOC3)cn2)c1. The van der Waals surface area contributed by atoms with Crippen molar-refractivity contribution < 1.29 is 23.4 Å². The van der Waals surface area contributed by atoms with E-state index in [1.807, 2.05) is 0 Å². The number of hydrogen-bond acceptors (Lipinski definition) is 8. The average molecular weight is 425 g/mol. The summed E-state index contributed by atoms with van der Waals surface area (Å²) in [6, 6.07) is 2.87. The number of pyridine rings is 2. The molecule has 3 aromatic rings. The Morgan fingerprint density at radius 2 is 2.03 bits per heavy atom. The van der Waals surface area contributed by atoms with E-state index < -0.39 is 5.82 Å². The molecule has 160 valence electrons. The molecule has 0 radical (unpaired) electrons. The number of carbonyl (C=O) groups excluding carboxylic acids is 1. The highest BCUT2D eigenvalue weighted by Crippen LogP contribution is 2.30. The zero-order chi connectivity index (χ0) is 21.6. The van der Waals surface area contributed by atoms with Gasteiger partial charge in [-0.1, -0.05) is 0 Å². The van der Waals surface area contributed by atoms with Gasteiger partial charge in [0.05, 0.1) is 37.2 Å².